The standard InChI is InChI=1S/C34H38F2N6O3/c1-5-26-28(36)10-9-21-14-25(43)16-30(32(21)26)41-13-11-27-29(19-41)37-34(45-20-24-15-22(35)17-39(24)3)38-33(27)40(4)18-23-8-7-12-42(23)31(44)6-2/h1,6,9-10,14,16,22-24,43H,2,7-8,11-13,15,17-20H2,3-4H3/t22-,23+,24+/m1/s1. The molecule has 0 unspecified atom stereocenters. The first kappa shape index (κ1) is 30.6. The molecule has 1 N–H and O–H groups in total. The van der Waals surface area contributed by atoms with Crippen LogP contribution in [0.4, 0.5) is 20.3 Å². The summed E-state index contributed by atoms with van der Waals surface area (Å²) in [5.41, 5.74) is 2.44. The van der Waals surface area contributed by atoms with Crippen LogP contribution in [-0.2, 0) is 17.8 Å². The Kier molecular flexibility index (Phi) is 8.51. The van der Waals surface area contributed by atoms with Gasteiger partial charge in [0.05, 0.1) is 17.8 Å². The van der Waals surface area contributed by atoms with Gasteiger partial charge in [-0.3, -0.25) is 9.69 Å². The number of carbonyl (C=O) groups is 1. The fourth-order valence-electron chi connectivity index (χ4n) is 6.98. The summed E-state index contributed by atoms with van der Waals surface area (Å²) >= 11 is 0. The van der Waals surface area contributed by atoms with E-state index in [1.54, 1.807) is 18.2 Å². The lowest BCUT2D eigenvalue weighted by Crippen LogP contribution is -2.42. The predicted molar refractivity (Wildman–Crippen MR) is 170 cm³/mol. The summed E-state index contributed by atoms with van der Waals surface area (Å²) < 4.78 is 35.0. The predicted octanol–water partition coefficient (Wildman–Crippen LogP) is 4.05. The molecule has 2 saturated heterocycles. The molecule has 1 amide bonds. The van der Waals surface area contributed by atoms with E-state index in [9.17, 15) is 18.7 Å². The smallest absolute Gasteiger partial charge is 0.318 e. The number of phenolic OH excluding ortho intramolecular Hbond substituents is 1. The van der Waals surface area contributed by atoms with Gasteiger partial charge in [-0.1, -0.05) is 18.6 Å². The van der Waals surface area contributed by atoms with Crippen molar-refractivity contribution >= 4 is 28.2 Å². The molecular formula is C34H38F2N6O3. The van der Waals surface area contributed by atoms with Crippen molar-refractivity contribution in [1.29, 1.82) is 0 Å². The van der Waals surface area contributed by atoms with E-state index >= 15 is 0 Å². The van der Waals surface area contributed by atoms with Crippen molar-refractivity contribution in [2.24, 2.45) is 0 Å². The minimum Gasteiger partial charge on any atom is -0.508 e. The number of amides is 1. The molecule has 0 spiro atoms. The zero-order valence-electron chi connectivity index (χ0n) is 25.7. The molecule has 0 radical (unpaired) electrons. The van der Waals surface area contributed by atoms with Gasteiger partial charge in [0.15, 0.2) is 0 Å². The molecule has 3 aromatic rings. The molecule has 0 saturated carbocycles. The van der Waals surface area contributed by atoms with E-state index in [1.807, 2.05) is 28.8 Å². The zero-order chi connectivity index (χ0) is 31.8. The third-order valence-corrected chi connectivity index (χ3v) is 9.26. The molecule has 1 aromatic heterocycles. The van der Waals surface area contributed by atoms with E-state index in [2.05, 4.69) is 17.4 Å². The summed E-state index contributed by atoms with van der Waals surface area (Å²) in [6.07, 6.45) is 8.96. The van der Waals surface area contributed by atoms with Crippen LogP contribution in [0.2, 0.25) is 0 Å². The van der Waals surface area contributed by atoms with Crippen LogP contribution in [0, 0.1) is 18.2 Å². The summed E-state index contributed by atoms with van der Waals surface area (Å²) in [5.74, 6) is 2.67. The molecule has 6 rings (SSSR count). The molecule has 9 nitrogen and oxygen atoms in total. The number of likely N-dealkylation sites (N-methyl/N-ethyl adjacent to an activating group) is 2. The highest BCUT2D eigenvalue weighted by Crippen LogP contribution is 2.38. The Morgan fingerprint density at radius 3 is 2.84 bits per heavy atom. The van der Waals surface area contributed by atoms with E-state index in [0.29, 0.717) is 67.8 Å². The van der Waals surface area contributed by atoms with Crippen LogP contribution in [0.5, 0.6) is 11.8 Å². The Morgan fingerprint density at radius 1 is 1.29 bits per heavy atom. The van der Waals surface area contributed by atoms with Crippen molar-refractivity contribution < 1.29 is 23.4 Å². The van der Waals surface area contributed by atoms with Gasteiger partial charge < -0.3 is 24.5 Å². The van der Waals surface area contributed by atoms with E-state index in [-0.39, 0.29) is 41.9 Å². The molecular weight excluding hydrogens is 578 g/mol. The molecule has 11 heteroatoms. The van der Waals surface area contributed by atoms with Crippen molar-refractivity contribution in [1.82, 2.24) is 19.8 Å². The SMILES string of the molecule is C#Cc1c(F)ccc2cc(O)cc(N3CCc4c(nc(OC[C@@H]5C[C@@H](F)CN5C)nc4N(C)C[C@@H]4CCCN4C(=O)C=C)C3)c12. The number of terminal acetylenes is 1. The number of halogens is 2. The number of likely N-dealkylation sites (tertiary alicyclic amines) is 2. The lowest BCUT2D eigenvalue weighted by molar-refractivity contribution is -0.126. The number of rotatable bonds is 8. The maximum atomic E-state index is 14.8. The maximum absolute atomic E-state index is 14.8. The molecule has 3 aliphatic heterocycles. The third kappa shape index (κ3) is 5.99. The quantitative estimate of drug-likeness (QED) is 0.300. The minimum atomic E-state index is -0.897. The van der Waals surface area contributed by atoms with Crippen molar-refractivity contribution in [3.8, 4) is 24.1 Å². The van der Waals surface area contributed by atoms with Crippen LogP contribution < -0.4 is 14.5 Å². The molecule has 236 valence electrons. The van der Waals surface area contributed by atoms with E-state index in [4.69, 9.17) is 21.1 Å². The summed E-state index contributed by atoms with van der Waals surface area (Å²) in [6, 6.07) is 6.21. The van der Waals surface area contributed by atoms with Gasteiger partial charge in [0.25, 0.3) is 0 Å². The van der Waals surface area contributed by atoms with Gasteiger partial charge in [0.1, 0.15) is 30.2 Å². The van der Waals surface area contributed by atoms with Crippen molar-refractivity contribution in [3.63, 3.8) is 0 Å². The largest absolute Gasteiger partial charge is 0.508 e. The highest BCUT2D eigenvalue weighted by atomic mass is 19.1. The first-order valence-corrected chi connectivity index (χ1v) is 15.3. The minimum absolute atomic E-state index is 0.0138. The van der Waals surface area contributed by atoms with Crippen LogP contribution in [0.1, 0.15) is 36.1 Å². The topological polar surface area (TPSA) is 85.3 Å². The Morgan fingerprint density at radius 2 is 2.11 bits per heavy atom. The Bertz CT molecular complexity index is 1680. The van der Waals surface area contributed by atoms with Crippen molar-refractivity contribution in [2.45, 2.75) is 50.5 Å². The highest BCUT2D eigenvalue weighted by Gasteiger charge is 2.33. The van der Waals surface area contributed by atoms with Crippen molar-refractivity contribution in [2.75, 3.05) is 56.7 Å². The van der Waals surface area contributed by atoms with Crippen LogP contribution in [0.15, 0.2) is 36.9 Å². The number of hydrogen-bond donors (Lipinski definition) is 1. The number of phenols is 1. The fraction of sp³-hybridized carbons (Fsp3) is 0.441. The normalized spacial score (nSPS) is 21.5. The summed E-state index contributed by atoms with van der Waals surface area (Å²) in [7, 11) is 3.83. The van der Waals surface area contributed by atoms with Gasteiger partial charge in [0, 0.05) is 68.0 Å². The average molecular weight is 617 g/mol. The van der Waals surface area contributed by atoms with Gasteiger partial charge in [-0.15, -0.1) is 6.42 Å². The van der Waals surface area contributed by atoms with Gasteiger partial charge in [-0.2, -0.15) is 9.97 Å². The second-order valence-electron chi connectivity index (χ2n) is 12.2. The first-order valence-electron chi connectivity index (χ1n) is 15.3. The van der Waals surface area contributed by atoms with Crippen LogP contribution in [0.25, 0.3) is 10.8 Å². The van der Waals surface area contributed by atoms with E-state index in [1.165, 1.54) is 12.1 Å². The Labute approximate surface area is 262 Å². The number of aromatic nitrogens is 2. The number of hydrogen-bond acceptors (Lipinski definition) is 8. The number of benzene rings is 2. The molecule has 3 atom stereocenters. The molecule has 45 heavy (non-hydrogen) atoms. The fourth-order valence-corrected chi connectivity index (χ4v) is 6.98. The number of fused-ring (bicyclic) bond motifs is 2. The number of ether oxygens (including phenoxy) is 1. The van der Waals surface area contributed by atoms with Crippen LogP contribution >= 0.6 is 0 Å². The molecule has 0 bridgehead atoms. The maximum Gasteiger partial charge on any atom is 0.318 e. The molecule has 4 heterocycles. The molecule has 0 aliphatic carbocycles. The number of alkyl halides is 1. The Balaban J connectivity index is 1.35. The summed E-state index contributed by atoms with van der Waals surface area (Å²) in [5, 5.41) is 11.8. The Hall–Kier alpha value is -4.43. The number of carbonyl (C=O) groups excluding carboxylic acids is 1. The number of aromatic hydroxyl groups is 1. The van der Waals surface area contributed by atoms with Gasteiger partial charge in [-0.25, -0.2) is 8.78 Å². The van der Waals surface area contributed by atoms with Crippen LogP contribution in [-0.4, -0.2) is 95.9 Å². The van der Waals surface area contributed by atoms with Gasteiger partial charge in [-0.05, 0) is 56.3 Å². The second kappa shape index (κ2) is 12.5. The highest BCUT2D eigenvalue weighted by molar-refractivity contribution is 6.00. The lowest BCUT2D eigenvalue weighted by Gasteiger charge is -2.35. The average Bonchev–Trinajstić information content (AvgIpc) is 3.62. The third-order valence-electron chi connectivity index (χ3n) is 9.26. The zero-order valence-corrected chi connectivity index (χ0v) is 25.7. The molecule has 2 aromatic carbocycles. The number of nitrogens with zero attached hydrogens (tertiary/aromatic N) is 6. The van der Waals surface area contributed by atoms with Gasteiger partial charge >= 0.3 is 6.01 Å². The summed E-state index contributed by atoms with van der Waals surface area (Å²) in [6.45, 7) is 6.42. The monoisotopic (exact) mass is 616 g/mol. The molecule has 2 fully saturated rings. The van der Waals surface area contributed by atoms with E-state index in [0.717, 1.165) is 24.1 Å². The lowest BCUT2D eigenvalue weighted by atomic mass is 9.98. The number of anilines is 2. The van der Waals surface area contributed by atoms with Crippen LogP contribution in [0.3, 0.4) is 0 Å². The first-order chi connectivity index (χ1) is 21.7. The summed E-state index contributed by atoms with van der Waals surface area (Å²) in [4.78, 5) is 30.0. The van der Waals surface area contributed by atoms with Gasteiger partial charge in [0.2, 0.25) is 5.91 Å². The second-order valence-corrected chi connectivity index (χ2v) is 12.2. The molecule has 3 aliphatic rings. The van der Waals surface area contributed by atoms with E-state index < -0.39 is 12.0 Å². The van der Waals surface area contributed by atoms with Crippen molar-refractivity contribution in [3.05, 3.63) is 59.6 Å².